The molecule has 3 rings (SSSR count). The van der Waals surface area contributed by atoms with Crippen LogP contribution in [-0.2, 0) is 0 Å². The summed E-state index contributed by atoms with van der Waals surface area (Å²) in [6, 6.07) is 5.97. The molecule has 1 aliphatic rings. The van der Waals surface area contributed by atoms with Gasteiger partial charge in [-0.25, -0.2) is 4.39 Å². The van der Waals surface area contributed by atoms with Crippen molar-refractivity contribution in [3.05, 3.63) is 36.0 Å². The Morgan fingerprint density at radius 3 is 2.82 bits per heavy atom. The molecule has 0 saturated carbocycles. The van der Waals surface area contributed by atoms with Gasteiger partial charge in [0.25, 0.3) is 0 Å². The van der Waals surface area contributed by atoms with E-state index in [0.29, 0.717) is 5.56 Å². The first kappa shape index (κ1) is 14.7. The van der Waals surface area contributed by atoms with Crippen molar-refractivity contribution in [2.45, 2.75) is 38.6 Å². The van der Waals surface area contributed by atoms with Crippen LogP contribution in [0.1, 0.15) is 43.3 Å². The minimum Gasteiger partial charge on any atom is -0.412 e. The van der Waals surface area contributed by atoms with Crippen LogP contribution >= 0.6 is 0 Å². The van der Waals surface area contributed by atoms with Crippen LogP contribution < -0.4 is 0 Å². The predicted molar refractivity (Wildman–Crippen MR) is 78.7 cm³/mol. The van der Waals surface area contributed by atoms with E-state index in [-0.39, 0.29) is 29.5 Å². The van der Waals surface area contributed by atoms with Crippen LogP contribution in [-0.4, -0.2) is 33.6 Å². The first-order valence-corrected chi connectivity index (χ1v) is 7.59. The molecule has 6 heteroatoms. The molecule has 2 heterocycles. The van der Waals surface area contributed by atoms with E-state index >= 15 is 0 Å². The average Bonchev–Trinajstić information content (AvgIpc) is 3.05. The summed E-state index contributed by atoms with van der Waals surface area (Å²) in [4.78, 5) is 14.4. The summed E-state index contributed by atoms with van der Waals surface area (Å²) in [5.74, 6) is -0.320. The van der Waals surface area contributed by atoms with E-state index < -0.39 is 0 Å². The number of hydrogen-bond donors (Lipinski definition) is 0. The molecule has 1 atom stereocenters. The zero-order valence-corrected chi connectivity index (χ0v) is 12.5. The van der Waals surface area contributed by atoms with Gasteiger partial charge >= 0.3 is 11.8 Å². The Kier molecular flexibility index (Phi) is 4.18. The quantitative estimate of drug-likeness (QED) is 0.873. The van der Waals surface area contributed by atoms with Crippen molar-refractivity contribution in [2.75, 3.05) is 6.54 Å². The third-order valence-corrected chi connectivity index (χ3v) is 4.06. The van der Waals surface area contributed by atoms with Gasteiger partial charge < -0.3 is 9.32 Å². The normalized spacial score (nSPS) is 18.5. The van der Waals surface area contributed by atoms with Gasteiger partial charge in [0.2, 0.25) is 5.89 Å². The van der Waals surface area contributed by atoms with Crippen molar-refractivity contribution in [3.63, 3.8) is 0 Å². The SMILES string of the molecule is CCC1CCCCN1C(=O)c1nnc(-c2ccc(F)cc2)o1. The van der Waals surface area contributed by atoms with Crippen molar-refractivity contribution >= 4 is 5.91 Å². The minimum absolute atomic E-state index is 0.000301. The molecule has 1 saturated heterocycles. The Bertz CT molecular complexity index is 654. The molecule has 0 bridgehead atoms. The third-order valence-electron chi connectivity index (χ3n) is 4.06. The van der Waals surface area contributed by atoms with Crippen LogP contribution in [0.4, 0.5) is 4.39 Å². The van der Waals surface area contributed by atoms with Gasteiger partial charge in [-0.1, -0.05) is 6.92 Å². The second-order valence-electron chi connectivity index (χ2n) is 5.48. The van der Waals surface area contributed by atoms with Crippen LogP contribution in [0.25, 0.3) is 11.5 Å². The van der Waals surface area contributed by atoms with Crippen LogP contribution in [0.5, 0.6) is 0 Å². The molecule has 1 unspecified atom stereocenters. The summed E-state index contributed by atoms with van der Waals surface area (Å²) >= 11 is 0. The van der Waals surface area contributed by atoms with Gasteiger partial charge in [-0.3, -0.25) is 4.79 Å². The van der Waals surface area contributed by atoms with E-state index in [1.165, 1.54) is 12.1 Å². The number of likely N-dealkylation sites (tertiary alicyclic amines) is 1. The first-order chi connectivity index (χ1) is 10.7. The number of piperidine rings is 1. The lowest BCUT2D eigenvalue weighted by Gasteiger charge is -2.34. The maximum absolute atomic E-state index is 12.9. The van der Waals surface area contributed by atoms with Gasteiger partial charge in [0.05, 0.1) is 0 Å². The minimum atomic E-state index is -0.335. The van der Waals surface area contributed by atoms with Crippen LogP contribution in [0.15, 0.2) is 28.7 Å². The highest BCUT2D eigenvalue weighted by atomic mass is 19.1. The number of halogens is 1. The molecule has 0 radical (unpaired) electrons. The highest BCUT2D eigenvalue weighted by Crippen LogP contribution is 2.23. The summed E-state index contributed by atoms with van der Waals surface area (Å²) in [7, 11) is 0. The Labute approximate surface area is 128 Å². The predicted octanol–water partition coefficient (Wildman–Crippen LogP) is 3.28. The summed E-state index contributed by atoms with van der Waals surface area (Å²) < 4.78 is 18.4. The molecule has 0 aliphatic carbocycles. The fourth-order valence-corrected chi connectivity index (χ4v) is 2.83. The number of benzene rings is 1. The van der Waals surface area contributed by atoms with Crippen molar-refractivity contribution in [2.24, 2.45) is 0 Å². The Hall–Kier alpha value is -2.24. The lowest BCUT2D eigenvalue weighted by atomic mass is 10.00. The Morgan fingerprint density at radius 2 is 2.09 bits per heavy atom. The first-order valence-electron chi connectivity index (χ1n) is 7.59. The second-order valence-corrected chi connectivity index (χ2v) is 5.48. The summed E-state index contributed by atoms with van der Waals surface area (Å²) in [5.41, 5.74) is 0.596. The molecule has 0 N–H and O–H groups in total. The van der Waals surface area contributed by atoms with Crippen LogP contribution in [0.3, 0.4) is 0 Å². The molecule has 1 aromatic heterocycles. The largest absolute Gasteiger partial charge is 0.412 e. The molecule has 1 fully saturated rings. The van der Waals surface area contributed by atoms with Crippen LogP contribution in [0.2, 0.25) is 0 Å². The Balaban J connectivity index is 1.80. The second kappa shape index (κ2) is 6.25. The zero-order chi connectivity index (χ0) is 15.5. The smallest absolute Gasteiger partial charge is 0.311 e. The molecular weight excluding hydrogens is 285 g/mol. The van der Waals surface area contributed by atoms with E-state index in [1.54, 1.807) is 12.1 Å². The molecule has 2 aromatic rings. The molecular formula is C16H18FN3O2. The molecule has 1 aromatic carbocycles. The molecule has 1 aliphatic heterocycles. The number of aromatic nitrogens is 2. The number of amides is 1. The lowest BCUT2D eigenvalue weighted by molar-refractivity contribution is 0.0568. The average molecular weight is 303 g/mol. The van der Waals surface area contributed by atoms with E-state index in [4.69, 9.17) is 4.42 Å². The van der Waals surface area contributed by atoms with Gasteiger partial charge in [-0.15, -0.1) is 10.2 Å². The monoisotopic (exact) mass is 303 g/mol. The standard InChI is InChI=1S/C16H18FN3O2/c1-2-13-5-3-4-10-20(13)16(21)15-19-18-14(22-15)11-6-8-12(17)9-7-11/h6-9,13H,2-5,10H2,1H3. The molecule has 5 nitrogen and oxygen atoms in total. The van der Waals surface area contributed by atoms with E-state index in [1.807, 2.05) is 4.90 Å². The fraction of sp³-hybridized carbons (Fsp3) is 0.438. The lowest BCUT2D eigenvalue weighted by Crippen LogP contribution is -2.43. The fourth-order valence-electron chi connectivity index (χ4n) is 2.83. The highest BCUT2D eigenvalue weighted by molar-refractivity contribution is 5.90. The summed E-state index contributed by atoms with van der Waals surface area (Å²) in [6.45, 7) is 2.81. The summed E-state index contributed by atoms with van der Waals surface area (Å²) in [5, 5.41) is 7.75. The number of carbonyl (C=O) groups excluding carboxylic acids is 1. The summed E-state index contributed by atoms with van der Waals surface area (Å²) in [6.07, 6.45) is 4.08. The number of nitrogens with zero attached hydrogens (tertiary/aromatic N) is 3. The molecule has 116 valence electrons. The molecule has 22 heavy (non-hydrogen) atoms. The maximum Gasteiger partial charge on any atom is 0.311 e. The zero-order valence-electron chi connectivity index (χ0n) is 12.5. The highest BCUT2D eigenvalue weighted by Gasteiger charge is 2.29. The third kappa shape index (κ3) is 2.86. The van der Waals surface area contributed by atoms with E-state index in [2.05, 4.69) is 17.1 Å². The number of rotatable bonds is 3. The van der Waals surface area contributed by atoms with E-state index in [9.17, 15) is 9.18 Å². The van der Waals surface area contributed by atoms with E-state index in [0.717, 1.165) is 32.2 Å². The van der Waals surface area contributed by atoms with Crippen molar-refractivity contribution in [1.29, 1.82) is 0 Å². The number of carbonyl (C=O) groups is 1. The van der Waals surface area contributed by atoms with Crippen molar-refractivity contribution < 1.29 is 13.6 Å². The van der Waals surface area contributed by atoms with Gasteiger partial charge in [-0.05, 0) is 49.9 Å². The van der Waals surface area contributed by atoms with Crippen molar-refractivity contribution in [3.8, 4) is 11.5 Å². The van der Waals surface area contributed by atoms with Crippen molar-refractivity contribution in [1.82, 2.24) is 15.1 Å². The van der Waals surface area contributed by atoms with Gasteiger partial charge in [-0.2, -0.15) is 0 Å². The van der Waals surface area contributed by atoms with Gasteiger partial charge in [0.1, 0.15) is 5.82 Å². The topological polar surface area (TPSA) is 59.2 Å². The van der Waals surface area contributed by atoms with Gasteiger partial charge in [0.15, 0.2) is 0 Å². The maximum atomic E-state index is 12.9. The number of hydrogen-bond acceptors (Lipinski definition) is 4. The molecule has 1 amide bonds. The van der Waals surface area contributed by atoms with Crippen LogP contribution in [0, 0.1) is 5.82 Å². The van der Waals surface area contributed by atoms with Gasteiger partial charge in [0, 0.05) is 18.2 Å². The Morgan fingerprint density at radius 1 is 1.32 bits per heavy atom. The molecule has 0 spiro atoms.